The normalized spacial score (nSPS) is 33.4. The first-order valence-corrected chi connectivity index (χ1v) is 5.47. The average molecular weight is 248 g/mol. The van der Waals surface area contributed by atoms with Crippen molar-refractivity contribution in [1.29, 1.82) is 0 Å². The van der Waals surface area contributed by atoms with Gasteiger partial charge in [-0.3, -0.25) is 4.79 Å². The molecule has 4 atom stereocenters. The smallest absolute Gasteiger partial charge is 0.303 e. The van der Waals surface area contributed by atoms with Gasteiger partial charge in [-0.2, -0.15) is 0 Å². The lowest BCUT2D eigenvalue weighted by Crippen LogP contribution is -2.57. The highest BCUT2D eigenvalue weighted by atomic mass is 16.6. The minimum atomic E-state index is -0.517. The highest BCUT2D eigenvalue weighted by molar-refractivity contribution is 5.66. The van der Waals surface area contributed by atoms with Crippen LogP contribution in [0.1, 0.15) is 6.92 Å². The van der Waals surface area contributed by atoms with Crippen molar-refractivity contribution in [2.75, 3.05) is 34.5 Å². The summed E-state index contributed by atoms with van der Waals surface area (Å²) in [7, 11) is 4.70. The zero-order valence-electron chi connectivity index (χ0n) is 10.7. The summed E-state index contributed by atoms with van der Waals surface area (Å²) < 4.78 is 26.4. The van der Waals surface area contributed by atoms with Crippen molar-refractivity contribution >= 4 is 5.97 Å². The third kappa shape index (κ3) is 3.64. The van der Waals surface area contributed by atoms with Gasteiger partial charge in [-0.25, -0.2) is 0 Å². The number of rotatable bonds is 5. The molecular weight excluding hydrogens is 228 g/mol. The summed E-state index contributed by atoms with van der Waals surface area (Å²) in [6, 6.07) is 0. The minimum absolute atomic E-state index is 0.252. The molecule has 0 aliphatic carbocycles. The van der Waals surface area contributed by atoms with E-state index in [1.165, 1.54) is 6.92 Å². The van der Waals surface area contributed by atoms with Gasteiger partial charge in [0, 0.05) is 28.3 Å². The summed E-state index contributed by atoms with van der Waals surface area (Å²) in [4.78, 5) is 11.1. The molecule has 0 radical (unpaired) electrons. The SMILES string of the molecule is COC[C@H]1OC[C@@H](OC)[C@@H](OC)[C@@H]1OC(C)=O. The van der Waals surface area contributed by atoms with Crippen LogP contribution in [0.4, 0.5) is 0 Å². The van der Waals surface area contributed by atoms with E-state index in [9.17, 15) is 4.79 Å². The van der Waals surface area contributed by atoms with Gasteiger partial charge in [-0.05, 0) is 0 Å². The van der Waals surface area contributed by atoms with Crippen LogP contribution in [0.2, 0.25) is 0 Å². The topological polar surface area (TPSA) is 63.2 Å². The van der Waals surface area contributed by atoms with Gasteiger partial charge in [0.15, 0.2) is 6.10 Å². The van der Waals surface area contributed by atoms with Gasteiger partial charge in [0.05, 0.1) is 13.2 Å². The number of carbonyl (C=O) groups is 1. The van der Waals surface area contributed by atoms with Crippen LogP contribution in [0, 0.1) is 0 Å². The standard InChI is InChI=1S/C11H20O6/c1-7(12)17-11-9(5-13-2)16-6-8(14-3)10(11)15-4/h8-11H,5-6H2,1-4H3/t8-,9-,10-,11-/m1/s1. The van der Waals surface area contributed by atoms with Crippen LogP contribution in [0.25, 0.3) is 0 Å². The van der Waals surface area contributed by atoms with E-state index in [0.717, 1.165) is 0 Å². The maximum Gasteiger partial charge on any atom is 0.303 e. The second-order valence-electron chi connectivity index (χ2n) is 3.88. The molecule has 0 amide bonds. The molecule has 1 fully saturated rings. The zero-order valence-corrected chi connectivity index (χ0v) is 10.7. The van der Waals surface area contributed by atoms with Crippen molar-refractivity contribution < 1.29 is 28.5 Å². The highest BCUT2D eigenvalue weighted by Gasteiger charge is 2.43. The Hall–Kier alpha value is -0.690. The number of hydrogen-bond donors (Lipinski definition) is 0. The Morgan fingerprint density at radius 3 is 2.41 bits per heavy atom. The summed E-state index contributed by atoms with van der Waals surface area (Å²) in [5.41, 5.74) is 0. The molecule has 0 spiro atoms. The molecular formula is C11H20O6. The van der Waals surface area contributed by atoms with Crippen molar-refractivity contribution in [3.05, 3.63) is 0 Å². The molecule has 0 aromatic heterocycles. The molecule has 0 saturated carbocycles. The summed E-state index contributed by atoms with van der Waals surface area (Å²) in [5, 5.41) is 0. The van der Waals surface area contributed by atoms with Crippen LogP contribution in [0.3, 0.4) is 0 Å². The fraction of sp³-hybridized carbons (Fsp3) is 0.909. The second-order valence-corrected chi connectivity index (χ2v) is 3.88. The molecule has 100 valence electrons. The molecule has 1 heterocycles. The molecule has 17 heavy (non-hydrogen) atoms. The number of hydrogen-bond acceptors (Lipinski definition) is 6. The second kappa shape index (κ2) is 6.90. The van der Waals surface area contributed by atoms with E-state index in [4.69, 9.17) is 23.7 Å². The van der Waals surface area contributed by atoms with E-state index in [1.807, 2.05) is 0 Å². The Morgan fingerprint density at radius 2 is 1.94 bits per heavy atom. The Bertz CT molecular complexity index is 244. The molecule has 0 N–H and O–H groups in total. The van der Waals surface area contributed by atoms with Gasteiger partial charge in [0.25, 0.3) is 0 Å². The summed E-state index contributed by atoms with van der Waals surface area (Å²) in [6.45, 7) is 2.09. The quantitative estimate of drug-likeness (QED) is 0.638. The fourth-order valence-corrected chi connectivity index (χ4v) is 1.96. The minimum Gasteiger partial charge on any atom is -0.457 e. The lowest BCUT2D eigenvalue weighted by atomic mass is 10.00. The van der Waals surface area contributed by atoms with Gasteiger partial charge >= 0.3 is 5.97 Å². The maximum absolute atomic E-state index is 11.1. The van der Waals surface area contributed by atoms with E-state index in [-0.39, 0.29) is 24.3 Å². The van der Waals surface area contributed by atoms with E-state index in [2.05, 4.69) is 0 Å². The highest BCUT2D eigenvalue weighted by Crippen LogP contribution is 2.23. The predicted octanol–water partition coefficient (Wildman–Crippen LogP) is -0.00670. The van der Waals surface area contributed by atoms with Gasteiger partial charge in [0.2, 0.25) is 0 Å². The molecule has 0 aromatic rings. The number of esters is 1. The largest absolute Gasteiger partial charge is 0.457 e. The van der Waals surface area contributed by atoms with Crippen LogP contribution in [-0.2, 0) is 28.5 Å². The van der Waals surface area contributed by atoms with E-state index >= 15 is 0 Å². The lowest BCUT2D eigenvalue weighted by Gasteiger charge is -2.40. The Balaban J connectivity index is 2.77. The molecule has 1 aliphatic heterocycles. The van der Waals surface area contributed by atoms with Gasteiger partial charge < -0.3 is 23.7 Å². The third-order valence-corrected chi connectivity index (χ3v) is 2.74. The Kier molecular flexibility index (Phi) is 5.84. The van der Waals surface area contributed by atoms with Gasteiger partial charge in [0.1, 0.15) is 18.3 Å². The summed E-state index contributed by atoms with van der Waals surface area (Å²) >= 11 is 0. The Morgan fingerprint density at radius 1 is 1.24 bits per heavy atom. The number of carbonyl (C=O) groups excluding carboxylic acids is 1. The molecule has 0 aromatic carbocycles. The number of methoxy groups -OCH3 is 3. The monoisotopic (exact) mass is 248 g/mol. The zero-order chi connectivity index (χ0) is 12.8. The van der Waals surface area contributed by atoms with Crippen LogP contribution in [-0.4, -0.2) is 64.9 Å². The Labute approximate surface area is 101 Å². The van der Waals surface area contributed by atoms with Gasteiger partial charge in [-0.1, -0.05) is 0 Å². The third-order valence-electron chi connectivity index (χ3n) is 2.74. The van der Waals surface area contributed by atoms with E-state index in [0.29, 0.717) is 13.2 Å². The first-order chi connectivity index (χ1) is 8.13. The first kappa shape index (κ1) is 14.4. The van der Waals surface area contributed by atoms with Crippen molar-refractivity contribution in [2.45, 2.75) is 31.3 Å². The molecule has 0 unspecified atom stereocenters. The molecule has 1 rings (SSSR count). The van der Waals surface area contributed by atoms with Crippen LogP contribution >= 0.6 is 0 Å². The first-order valence-electron chi connectivity index (χ1n) is 5.47. The van der Waals surface area contributed by atoms with Crippen LogP contribution in [0.15, 0.2) is 0 Å². The maximum atomic E-state index is 11.1. The molecule has 1 saturated heterocycles. The number of ether oxygens (including phenoxy) is 5. The lowest BCUT2D eigenvalue weighted by molar-refractivity contribution is -0.224. The van der Waals surface area contributed by atoms with Crippen molar-refractivity contribution in [2.24, 2.45) is 0 Å². The molecule has 0 bridgehead atoms. The van der Waals surface area contributed by atoms with E-state index in [1.54, 1.807) is 21.3 Å². The summed E-state index contributed by atoms with van der Waals surface area (Å²) in [5.74, 6) is -0.376. The average Bonchev–Trinajstić information content (AvgIpc) is 2.30. The molecule has 6 heteroatoms. The van der Waals surface area contributed by atoms with Crippen molar-refractivity contribution in [3.8, 4) is 0 Å². The predicted molar refractivity (Wildman–Crippen MR) is 58.8 cm³/mol. The van der Waals surface area contributed by atoms with E-state index < -0.39 is 6.10 Å². The summed E-state index contributed by atoms with van der Waals surface area (Å²) in [6.07, 6.45) is -1.45. The van der Waals surface area contributed by atoms with Crippen LogP contribution < -0.4 is 0 Å². The van der Waals surface area contributed by atoms with Gasteiger partial charge in [-0.15, -0.1) is 0 Å². The molecule has 6 nitrogen and oxygen atoms in total. The fourth-order valence-electron chi connectivity index (χ4n) is 1.96. The van der Waals surface area contributed by atoms with Crippen molar-refractivity contribution in [1.82, 2.24) is 0 Å². The van der Waals surface area contributed by atoms with Crippen molar-refractivity contribution in [3.63, 3.8) is 0 Å². The van der Waals surface area contributed by atoms with Crippen LogP contribution in [0.5, 0.6) is 0 Å². The molecule has 1 aliphatic rings.